The number of rotatable bonds is 3. The van der Waals surface area contributed by atoms with Crippen molar-refractivity contribution in [3.8, 4) is 0 Å². The zero-order valence-corrected chi connectivity index (χ0v) is 12.2. The molecule has 20 heavy (non-hydrogen) atoms. The van der Waals surface area contributed by atoms with E-state index in [9.17, 15) is 18.0 Å². The Morgan fingerprint density at radius 2 is 2.15 bits per heavy atom. The lowest BCUT2D eigenvalue weighted by Crippen LogP contribution is -2.53. The number of esters is 1. The lowest BCUT2D eigenvalue weighted by Gasteiger charge is -2.34. The molecule has 7 nitrogen and oxygen atoms in total. The molecular weight excluding hydrogens is 286 g/mol. The Bertz CT molecular complexity index is 488. The van der Waals surface area contributed by atoms with Crippen LogP contribution in [-0.2, 0) is 28.9 Å². The van der Waals surface area contributed by atoms with E-state index >= 15 is 0 Å². The standard InChI is InChI=1S/C12H19NO6S/c1-18-12(15)10-7-19-4-3-13(10)11(14)6-9-2-5-20(16,17)8-9/h9-10H,2-8H2,1H3. The van der Waals surface area contributed by atoms with Crippen molar-refractivity contribution in [2.24, 2.45) is 5.92 Å². The topological polar surface area (TPSA) is 90.0 Å². The number of carbonyl (C=O) groups excluding carboxylic acids is 2. The quantitative estimate of drug-likeness (QED) is 0.635. The number of ether oxygens (including phenoxy) is 2. The molecule has 2 saturated heterocycles. The molecule has 8 heteroatoms. The summed E-state index contributed by atoms with van der Waals surface area (Å²) in [5, 5.41) is 0. The molecule has 2 fully saturated rings. The molecule has 114 valence electrons. The molecule has 1 amide bonds. The highest BCUT2D eigenvalue weighted by molar-refractivity contribution is 7.91. The van der Waals surface area contributed by atoms with Gasteiger partial charge in [-0.05, 0) is 12.3 Å². The average Bonchev–Trinajstić information content (AvgIpc) is 2.77. The zero-order chi connectivity index (χ0) is 14.8. The van der Waals surface area contributed by atoms with Crippen LogP contribution in [0.1, 0.15) is 12.8 Å². The van der Waals surface area contributed by atoms with E-state index in [2.05, 4.69) is 4.74 Å². The minimum absolute atomic E-state index is 0.0615. The number of nitrogens with zero attached hydrogens (tertiary/aromatic N) is 1. The minimum Gasteiger partial charge on any atom is -0.467 e. The van der Waals surface area contributed by atoms with E-state index in [1.807, 2.05) is 0 Å². The van der Waals surface area contributed by atoms with Crippen LogP contribution >= 0.6 is 0 Å². The maximum Gasteiger partial charge on any atom is 0.331 e. The highest BCUT2D eigenvalue weighted by atomic mass is 32.2. The molecule has 0 aromatic rings. The third-order valence-corrected chi connectivity index (χ3v) is 5.55. The summed E-state index contributed by atoms with van der Waals surface area (Å²) in [6.07, 6.45) is 0.675. The smallest absolute Gasteiger partial charge is 0.331 e. The monoisotopic (exact) mass is 305 g/mol. The lowest BCUT2D eigenvalue weighted by molar-refractivity contribution is -0.161. The first kappa shape index (κ1) is 15.2. The van der Waals surface area contributed by atoms with Gasteiger partial charge in [-0.3, -0.25) is 4.79 Å². The lowest BCUT2D eigenvalue weighted by atomic mass is 10.0. The predicted octanol–water partition coefficient (Wildman–Crippen LogP) is -0.788. The van der Waals surface area contributed by atoms with Gasteiger partial charge in [0.05, 0.1) is 31.8 Å². The SMILES string of the molecule is COC(=O)C1COCCN1C(=O)CC1CCS(=O)(=O)C1. The van der Waals surface area contributed by atoms with Crippen molar-refractivity contribution < 1.29 is 27.5 Å². The normalized spacial score (nSPS) is 29.1. The van der Waals surface area contributed by atoms with Crippen molar-refractivity contribution >= 4 is 21.7 Å². The molecule has 2 aliphatic rings. The summed E-state index contributed by atoms with van der Waals surface area (Å²) in [6.45, 7) is 0.835. The summed E-state index contributed by atoms with van der Waals surface area (Å²) in [6, 6.07) is -0.723. The second-order valence-electron chi connectivity index (χ2n) is 5.17. The van der Waals surface area contributed by atoms with Crippen molar-refractivity contribution in [2.75, 3.05) is 38.4 Å². The Labute approximate surface area is 118 Å². The van der Waals surface area contributed by atoms with Crippen LogP contribution in [0.2, 0.25) is 0 Å². The molecule has 0 radical (unpaired) electrons. The van der Waals surface area contributed by atoms with Crippen LogP contribution in [0.3, 0.4) is 0 Å². The number of morpholine rings is 1. The first-order chi connectivity index (χ1) is 9.43. The maximum absolute atomic E-state index is 12.3. The molecule has 0 saturated carbocycles. The molecule has 2 unspecified atom stereocenters. The van der Waals surface area contributed by atoms with E-state index in [1.54, 1.807) is 0 Å². The number of amides is 1. The van der Waals surface area contributed by atoms with Gasteiger partial charge in [0.15, 0.2) is 15.9 Å². The summed E-state index contributed by atoms with van der Waals surface area (Å²) in [5.74, 6) is -0.642. The second kappa shape index (κ2) is 6.09. The van der Waals surface area contributed by atoms with Gasteiger partial charge in [0.25, 0.3) is 0 Å². The molecule has 0 N–H and O–H groups in total. The number of hydrogen-bond acceptors (Lipinski definition) is 6. The molecule has 0 bridgehead atoms. The Morgan fingerprint density at radius 3 is 2.75 bits per heavy atom. The number of sulfone groups is 1. The molecular formula is C12H19NO6S. The second-order valence-corrected chi connectivity index (χ2v) is 7.40. The highest BCUT2D eigenvalue weighted by Gasteiger charge is 2.36. The van der Waals surface area contributed by atoms with Gasteiger partial charge in [-0.15, -0.1) is 0 Å². The molecule has 0 spiro atoms. The minimum atomic E-state index is -2.99. The van der Waals surface area contributed by atoms with Crippen LogP contribution in [0.25, 0.3) is 0 Å². The Morgan fingerprint density at radius 1 is 1.40 bits per heavy atom. The van der Waals surface area contributed by atoms with Crippen LogP contribution in [0.4, 0.5) is 0 Å². The molecule has 2 aliphatic heterocycles. The van der Waals surface area contributed by atoms with Gasteiger partial charge in [0.2, 0.25) is 5.91 Å². The van der Waals surface area contributed by atoms with Gasteiger partial charge < -0.3 is 14.4 Å². The summed E-state index contributed by atoms with van der Waals surface area (Å²) in [7, 11) is -1.73. The van der Waals surface area contributed by atoms with Crippen LogP contribution < -0.4 is 0 Å². The summed E-state index contributed by atoms with van der Waals surface area (Å²) in [4.78, 5) is 25.3. The summed E-state index contributed by atoms with van der Waals surface area (Å²) < 4.78 is 32.7. The van der Waals surface area contributed by atoms with E-state index in [4.69, 9.17) is 4.74 Å². The predicted molar refractivity (Wildman–Crippen MR) is 69.7 cm³/mol. The molecule has 2 rings (SSSR count). The largest absolute Gasteiger partial charge is 0.467 e. The molecule has 0 aliphatic carbocycles. The number of methoxy groups -OCH3 is 1. The summed E-state index contributed by atoms with van der Waals surface area (Å²) in [5.41, 5.74) is 0. The third-order valence-electron chi connectivity index (χ3n) is 3.71. The van der Waals surface area contributed by atoms with Gasteiger partial charge >= 0.3 is 5.97 Å². The van der Waals surface area contributed by atoms with Gasteiger partial charge in [-0.25, -0.2) is 13.2 Å². The number of hydrogen-bond donors (Lipinski definition) is 0. The van der Waals surface area contributed by atoms with Crippen LogP contribution in [0.15, 0.2) is 0 Å². The zero-order valence-electron chi connectivity index (χ0n) is 11.4. The molecule has 2 atom stereocenters. The van der Waals surface area contributed by atoms with Gasteiger partial charge in [0, 0.05) is 13.0 Å². The molecule has 2 heterocycles. The number of carbonyl (C=O) groups is 2. The van der Waals surface area contributed by atoms with E-state index in [-0.39, 0.29) is 36.4 Å². The third kappa shape index (κ3) is 3.49. The van der Waals surface area contributed by atoms with Crippen LogP contribution in [0, 0.1) is 5.92 Å². The van der Waals surface area contributed by atoms with E-state index in [0.29, 0.717) is 19.6 Å². The van der Waals surface area contributed by atoms with Crippen molar-refractivity contribution in [1.29, 1.82) is 0 Å². The fourth-order valence-electron chi connectivity index (χ4n) is 2.63. The van der Waals surface area contributed by atoms with E-state index in [1.165, 1.54) is 12.0 Å². The molecule has 0 aromatic heterocycles. The fourth-order valence-corrected chi connectivity index (χ4v) is 4.49. The Hall–Kier alpha value is -1.15. The van der Waals surface area contributed by atoms with Crippen molar-refractivity contribution in [2.45, 2.75) is 18.9 Å². The van der Waals surface area contributed by atoms with Gasteiger partial charge in [-0.2, -0.15) is 0 Å². The fraction of sp³-hybridized carbons (Fsp3) is 0.833. The Kier molecular flexibility index (Phi) is 4.64. The summed E-state index contributed by atoms with van der Waals surface area (Å²) >= 11 is 0. The van der Waals surface area contributed by atoms with Crippen molar-refractivity contribution in [3.05, 3.63) is 0 Å². The van der Waals surface area contributed by atoms with Crippen molar-refractivity contribution in [3.63, 3.8) is 0 Å². The first-order valence-electron chi connectivity index (χ1n) is 6.58. The van der Waals surface area contributed by atoms with E-state index in [0.717, 1.165) is 0 Å². The first-order valence-corrected chi connectivity index (χ1v) is 8.40. The molecule has 0 aromatic carbocycles. The average molecular weight is 305 g/mol. The van der Waals surface area contributed by atoms with Gasteiger partial charge in [-0.1, -0.05) is 0 Å². The Balaban J connectivity index is 1.98. The van der Waals surface area contributed by atoms with E-state index < -0.39 is 21.8 Å². The highest BCUT2D eigenvalue weighted by Crippen LogP contribution is 2.23. The van der Waals surface area contributed by atoms with Crippen molar-refractivity contribution in [1.82, 2.24) is 4.90 Å². The van der Waals surface area contributed by atoms with Crippen LogP contribution in [-0.4, -0.2) is 69.6 Å². The maximum atomic E-state index is 12.3. The van der Waals surface area contributed by atoms with Crippen LogP contribution in [0.5, 0.6) is 0 Å². The van der Waals surface area contributed by atoms with Gasteiger partial charge in [0.1, 0.15) is 0 Å².